The summed E-state index contributed by atoms with van der Waals surface area (Å²) >= 11 is 0. The zero-order valence-electron chi connectivity index (χ0n) is 7.69. The average molecular weight is 184 g/mol. The van der Waals surface area contributed by atoms with Crippen LogP contribution < -0.4 is 0 Å². The Kier molecular flexibility index (Phi) is 2.67. The second-order valence-corrected chi connectivity index (χ2v) is 3.73. The molecule has 0 aromatic carbocycles. The van der Waals surface area contributed by atoms with Crippen molar-refractivity contribution in [1.29, 1.82) is 0 Å². The number of rotatable bonds is 3. The van der Waals surface area contributed by atoms with Crippen LogP contribution in [-0.2, 0) is 9.47 Å². The monoisotopic (exact) mass is 184 g/mol. The van der Waals surface area contributed by atoms with E-state index in [0.29, 0.717) is 0 Å². The molecule has 0 amide bonds. The van der Waals surface area contributed by atoms with Crippen LogP contribution in [0.2, 0.25) is 0 Å². The molecule has 2 saturated heterocycles. The number of hydrogen-bond acceptors (Lipinski definition) is 3. The molecule has 0 spiro atoms. The number of aliphatic hydroxyl groups excluding tert-OH is 1. The number of epoxide rings is 1. The van der Waals surface area contributed by atoms with Crippen LogP contribution in [0.5, 0.6) is 0 Å². The molecule has 4 atom stereocenters. The van der Waals surface area contributed by atoms with Gasteiger partial charge in [0, 0.05) is 13.0 Å². The molecule has 0 aromatic rings. The van der Waals surface area contributed by atoms with Crippen LogP contribution in [0.25, 0.3) is 0 Å². The van der Waals surface area contributed by atoms with E-state index < -0.39 is 0 Å². The normalized spacial score (nSPS) is 44.4. The molecule has 2 aliphatic heterocycles. The van der Waals surface area contributed by atoms with Crippen molar-refractivity contribution in [2.75, 3.05) is 6.61 Å². The standard InChI is InChI=1S/C10H16O3/c1-2-8-10(13-8)6-9-7(11)4-3-5-12-9/h2,7-11H,1,3-6H2/t7-,8-,9-,10+/m1/s1. The van der Waals surface area contributed by atoms with Crippen molar-refractivity contribution in [2.24, 2.45) is 0 Å². The Balaban J connectivity index is 1.77. The summed E-state index contributed by atoms with van der Waals surface area (Å²) < 4.78 is 10.8. The number of ether oxygens (including phenoxy) is 2. The van der Waals surface area contributed by atoms with E-state index in [1.54, 1.807) is 6.08 Å². The van der Waals surface area contributed by atoms with Crippen LogP contribution in [0.15, 0.2) is 12.7 Å². The molecule has 0 bridgehead atoms. The zero-order chi connectivity index (χ0) is 9.26. The third kappa shape index (κ3) is 2.10. The van der Waals surface area contributed by atoms with Crippen molar-refractivity contribution < 1.29 is 14.6 Å². The Morgan fingerprint density at radius 3 is 2.92 bits per heavy atom. The highest BCUT2D eigenvalue weighted by Crippen LogP contribution is 2.30. The van der Waals surface area contributed by atoms with Gasteiger partial charge in [0.1, 0.15) is 6.10 Å². The lowest BCUT2D eigenvalue weighted by atomic mass is 10.0. The molecule has 0 unspecified atom stereocenters. The van der Waals surface area contributed by atoms with Crippen LogP contribution in [0.3, 0.4) is 0 Å². The van der Waals surface area contributed by atoms with Gasteiger partial charge >= 0.3 is 0 Å². The molecular weight excluding hydrogens is 168 g/mol. The lowest BCUT2D eigenvalue weighted by molar-refractivity contribution is -0.0791. The third-order valence-corrected chi connectivity index (χ3v) is 2.72. The first kappa shape index (κ1) is 9.19. The van der Waals surface area contributed by atoms with Crippen molar-refractivity contribution in [3.63, 3.8) is 0 Å². The second-order valence-electron chi connectivity index (χ2n) is 3.73. The lowest BCUT2D eigenvalue weighted by Crippen LogP contribution is -2.35. The second kappa shape index (κ2) is 3.78. The first-order valence-corrected chi connectivity index (χ1v) is 4.89. The number of hydrogen-bond donors (Lipinski definition) is 1. The highest BCUT2D eigenvalue weighted by Gasteiger charge is 2.40. The van der Waals surface area contributed by atoms with E-state index in [2.05, 4.69) is 6.58 Å². The molecule has 0 saturated carbocycles. The van der Waals surface area contributed by atoms with Crippen LogP contribution >= 0.6 is 0 Å². The van der Waals surface area contributed by atoms with E-state index in [-0.39, 0.29) is 24.4 Å². The molecular formula is C10H16O3. The van der Waals surface area contributed by atoms with Crippen LogP contribution in [0, 0.1) is 0 Å². The summed E-state index contributed by atoms with van der Waals surface area (Å²) in [6, 6.07) is 0. The molecule has 3 heteroatoms. The fourth-order valence-corrected chi connectivity index (χ4v) is 1.83. The van der Waals surface area contributed by atoms with E-state index in [9.17, 15) is 5.11 Å². The number of aliphatic hydroxyl groups is 1. The quantitative estimate of drug-likeness (QED) is 0.522. The van der Waals surface area contributed by atoms with Gasteiger partial charge in [0.05, 0.1) is 18.3 Å². The van der Waals surface area contributed by atoms with E-state index in [0.717, 1.165) is 25.9 Å². The van der Waals surface area contributed by atoms with Gasteiger partial charge in [-0.3, -0.25) is 0 Å². The highest BCUT2D eigenvalue weighted by atomic mass is 16.6. The topological polar surface area (TPSA) is 42.0 Å². The molecule has 13 heavy (non-hydrogen) atoms. The molecule has 0 aromatic heterocycles. The van der Waals surface area contributed by atoms with Gasteiger partial charge in [0.2, 0.25) is 0 Å². The first-order valence-electron chi connectivity index (χ1n) is 4.89. The minimum absolute atomic E-state index is 0.0244. The Morgan fingerprint density at radius 1 is 1.46 bits per heavy atom. The van der Waals surface area contributed by atoms with Gasteiger partial charge in [-0.1, -0.05) is 6.08 Å². The molecule has 1 N–H and O–H groups in total. The molecule has 3 nitrogen and oxygen atoms in total. The Labute approximate surface area is 78.3 Å². The molecule has 2 aliphatic rings. The summed E-state index contributed by atoms with van der Waals surface area (Å²) in [4.78, 5) is 0. The maximum Gasteiger partial charge on any atom is 0.102 e. The summed E-state index contributed by atoms with van der Waals surface area (Å²) in [6.07, 6.45) is 4.53. The van der Waals surface area contributed by atoms with E-state index in [1.165, 1.54) is 0 Å². The molecule has 0 aliphatic carbocycles. The Morgan fingerprint density at radius 2 is 2.31 bits per heavy atom. The Bertz CT molecular complexity index is 193. The van der Waals surface area contributed by atoms with Crippen LogP contribution in [-0.4, -0.2) is 36.1 Å². The summed E-state index contributed by atoms with van der Waals surface area (Å²) in [5.41, 5.74) is 0. The van der Waals surface area contributed by atoms with Crippen molar-refractivity contribution >= 4 is 0 Å². The van der Waals surface area contributed by atoms with Crippen molar-refractivity contribution in [2.45, 2.75) is 43.7 Å². The molecule has 2 rings (SSSR count). The van der Waals surface area contributed by atoms with Crippen LogP contribution in [0.4, 0.5) is 0 Å². The Hall–Kier alpha value is -0.380. The van der Waals surface area contributed by atoms with Gasteiger partial charge in [-0.2, -0.15) is 0 Å². The summed E-state index contributed by atoms with van der Waals surface area (Å²) in [5.74, 6) is 0. The minimum atomic E-state index is -0.302. The first-order chi connectivity index (χ1) is 6.31. The van der Waals surface area contributed by atoms with E-state index in [4.69, 9.17) is 9.47 Å². The third-order valence-electron chi connectivity index (χ3n) is 2.72. The smallest absolute Gasteiger partial charge is 0.102 e. The average Bonchev–Trinajstić information content (AvgIpc) is 2.88. The molecule has 2 heterocycles. The summed E-state index contributed by atoms with van der Waals surface area (Å²) in [7, 11) is 0. The summed E-state index contributed by atoms with van der Waals surface area (Å²) in [6.45, 7) is 4.43. The largest absolute Gasteiger partial charge is 0.390 e. The minimum Gasteiger partial charge on any atom is -0.390 e. The van der Waals surface area contributed by atoms with Crippen molar-refractivity contribution in [3.05, 3.63) is 12.7 Å². The molecule has 74 valence electrons. The van der Waals surface area contributed by atoms with Gasteiger partial charge in [-0.15, -0.1) is 6.58 Å². The van der Waals surface area contributed by atoms with Crippen molar-refractivity contribution in [3.8, 4) is 0 Å². The van der Waals surface area contributed by atoms with Gasteiger partial charge in [0.25, 0.3) is 0 Å². The summed E-state index contributed by atoms with van der Waals surface area (Å²) in [5, 5.41) is 9.60. The van der Waals surface area contributed by atoms with Gasteiger partial charge in [0.15, 0.2) is 0 Å². The highest BCUT2D eigenvalue weighted by molar-refractivity contribution is 4.99. The zero-order valence-corrected chi connectivity index (χ0v) is 7.69. The maximum atomic E-state index is 9.60. The lowest BCUT2D eigenvalue weighted by Gasteiger charge is -2.27. The van der Waals surface area contributed by atoms with E-state index >= 15 is 0 Å². The van der Waals surface area contributed by atoms with E-state index in [1.807, 2.05) is 0 Å². The maximum absolute atomic E-state index is 9.60. The van der Waals surface area contributed by atoms with Crippen LogP contribution in [0.1, 0.15) is 19.3 Å². The predicted molar refractivity (Wildman–Crippen MR) is 48.5 cm³/mol. The SMILES string of the molecule is C=C[C@H]1O[C@H]1C[C@H]1OCCC[C@H]1O. The molecule has 0 radical (unpaired) electrons. The van der Waals surface area contributed by atoms with Gasteiger partial charge < -0.3 is 14.6 Å². The predicted octanol–water partition coefficient (Wildman–Crippen LogP) is 0.870. The van der Waals surface area contributed by atoms with Gasteiger partial charge in [-0.25, -0.2) is 0 Å². The molecule has 2 fully saturated rings. The van der Waals surface area contributed by atoms with Gasteiger partial charge in [-0.05, 0) is 12.8 Å². The fourth-order valence-electron chi connectivity index (χ4n) is 1.83. The van der Waals surface area contributed by atoms with Crippen molar-refractivity contribution in [1.82, 2.24) is 0 Å². The fraction of sp³-hybridized carbons (Fsp3) is 0.800.